The molecule has 1 amide bonds. The van der Waals surface area contributed by atoms with Gasteiger partial charge in [0.15, 0.2) is 6.61 Å². The predicted octanol–water partition coefficient (Wildman–Crippen LogP) is 5.02. The first-order chi connectivity index (χ1) is 16.2. The topological polar surface area (TPSA) is 59.5 Å². The molecule has 5 heteroatoms. The summed E-state index contributed by atoms with van der Waals surface area (Å²) >= 11 is 0. The fourth-order valence-electron chi connectivity index (χ4n) is 3.44. The van der Waals surface area contributed by atoms with E-state index in [1.165, 1.54) is 6.08 Å². The molecule has 0 aliphatic carbocycles. The van der Waals surface area contributed by atoms with Crippen molar-refractivity contribution < 1.29 is 14.3 Å². The van der Waals surface area contributed by atoms with E-state index in [-0.39, 0.29) is 12.5 Å². The summed E-state index contributed by atoms with van der Waals surface area (Å²) in [7, 11) is 0. The number of rotatable bonds is 8. The van der Waals surface area contributed by atoms with Crippen LogP contribution in [-0.4, -0.2) is 28.4 Å². The number of amides is 1. The van der Waals surface area contributed by atoms with Crippen molar-refractivity contribution in [3.8, 4) is 0 Å². The molecule has 0 atom stereocenters. The van der Waals surface area contributed by atoms with Gasteiger partial charge < -0.3 is 9.64 Å². The van der Waals surface area contributed by atoms with Gasteiger partial charge in [-0.3, -0.25) is 4.79 Å². The maximum absolute atomic E-state index is 12.9. The Bertz CT molecular complexity index is 1210. The Balaban J connectivity index is 1.38. The van der Waals surface area contributed by atoms with Gasteiger partial charge in [-0.25, -0.2) is 9.78 Å². The molecular formula is C28H24N2O3. The van der Waals surface area contributed by atoms with E-state index < -0.39 is 5.97 Å². The zero-order valence-electron chi connectivity index (χ0n) is 18.1. The summed E-state index contributed by atoms with van der Waals surface area (Å²) < 4.78 is 5.22. The van der Waals surface area contributed by atoms with Crippen LogP contribution in [0.3, 0.4) is 0 Å². The second-order valence-electron chi connectivity index (χ2n) is 7.59. The van der Waals surface area contributed by atoms with Crippen molar-refractivity contribution in [1.82, 2.24) is 9.88 Å². The first kappa shape index (κ1) is 22.0. The van der Waals surface area contributed by atoms with E-state index in [0.29, 0.717) is 18.8 Å². The highest BCUT2D eigenvalue weighted by molar-refractivity contribution is 5.89. The number of para-hydroxylation sites is 1. The van der Waals surface area contributed by atoms with E-state index in [0.717, 1.165) is 22.0 Å². The minimum absolute atomic E-state index is 0.256. The van der Waals surface area contributed by atoms with Gasteiger partial charge in [-0.05, 0) is 29.3 Å². The maximum Gasteiger partial charge on any atom is 0.331 e. The van der Waals surface area contributed by atoms with Crippen molar-refractivity contribution in [2.75, 3.05) is 6.61 Å². The minimum atomic E-state index is -0.585. The van der Waals surface area contributed by atoms with Crippen LogP contribution in [-0.2, 0) is 27.4 Å². The van der Waals surface area contributed by atoms with E-state index in [1.807, 2.05) is 97.1 Å². The fourth-order valence-corrected chi connectivity index (χ4v) is 3.44. The SMILES string of the molecule is O=C(/C=C/c1ccc2ccccc2n1)OCC(=O)N(Cc1ccccc1)Cc1ccccc1. The lowest BCUT2D eigenvalue weighted by molar-refractivity contribution is -0.148. The molecular weight excluding hydrogens is 412 g/mol. The van der Waals surface area contributed by atoms with E-state index in [9.17, 15) is 9.59 Å². The summed E-state index contributed by atoms with van der Waals surface area (Å²) in [6, 6.07) is 31.0. The molecule has 0 N–H and O–H groups in total. The Morgan fingerprint density at radius 1 is 0.758 bits per heavy atom. The average Bonchev–Trinajstić information content (AvgIpc) is 2.86. The van der Waals surface area contributed by atoms with Crippen LogP contribution in [0, 0.1) is 0 Å². The third-order valence-corrected chi connectivity index (χ3v) is 5.13. The number of hydrogen-bond donors (Lipinski definition) is 0. The largest absolute Gasteiger partial charge is 0.452 e. The Labute approximate surface area is 193 Å². The van der Waals surface area contributed by atoms with Crippen LogP contribution in [0.15, 0.2) is 103 Å². The average molecular weight is 437 g/mol. The number of esters is 1. The normalized spacial score (nSPS) is 10.9. The van der Waals surface area contributed by atoms with Crippen LogP contribution in [0.25, 0.3) is 17.0 Å². The number of fused-ring (bicyclic) bond motifs is 1. The van der Waals surface area contributed by atoms with Crippen molar-refractivity contribution in [3.63, 3.8) is 0 Å². The Hall–Kier alpha value is -4.25. The van der Waals surface area contributed by atoms with Gasteiger partial charge in [0.1, 0.15) is 0 Å². The van der Waals surface area contributed by atoms with Crippen molar-refractivity contribution in [2.45, 2.75) is 13.1 Å². The summed E-state index contributed by atoms with van der Waals surface area (Å²) in [5.74, 6) is -0.842. The highest BCUT2D eigenvalue weighted by Gasteiger charge is 2.16. The number of ether oxygens (including phenoxy) is 1. The monoisotopic (exact) mass is 436 g/mol. The molecule has 4 aromatic rings. The molecule has 0 fully saturated rings. The van der Waals surface area contributed by atoms with Crippen LogP contribution in [0.4, 0.5) is 0 Å². The molecule has 1 aromatic heterocycles. The molecule has 33 heavy (non-hydrogen) atoms. The molecule has 4 rings (SSSR count). The van der Waals surface area contributed by atoms with Crippen molar-refractivity contribution in [3.05, 3.63) is 120 Å². The number of aromatic nitrogens is 1. The summed E-state index contributed by atoms with van der Waals surface area (Å²) in [4.78, 5) is 31.3. The quantitative estimate of drug-likeness (QED) is 0.287. The predicted molar refractivity (Wildman–Crippen MR) is 129 cm³/mol. The highest BCUT2D eigenvalue weighted by Crippen LogP contribution is 2.13. The van der Waals surface area contributed by atoms with Gasteiger partial charge >= 0.3 is 5.97 Å². The molecule has 0 aliphatic heterocycles. The number of nitrogens with zero attached hydrogens (tertiary/aromatic N) is 2. The van der Waals surface area contributed by atoms with Gasteiger partial charge in [0.25, 0.3) is 5.91 Å². The number of pyridine rings is 1. The smallest absolute Gasteiger partial charge is 0.331 e. The second kappa shape index (κ2) is 10.9. The minimum Gasteiger partial charge on any atom is -0.452 e. The van der Waals surface area contributed by atoms with Gasteiger partial charge in [0.2, 0.25) is 0 Å². The van der Waals surface area contributed by atoms with Crippen LogP contribution in [0.2, 0.25) is 0 Å². The molecule has 3 aromatic carbocycles. The number of carbonyl (C=O) groups excluding carboxylic acids is 2. The first-order valence-corrected chi connectivity index (χ1v) is 10.7. The summed E-state index contributed by atoms with van der Waals surface area (Å²) in [5.41, 5.74) is 3.51. The van der Waals surface area contributed by atoms with Crippen molar-refractivity contribution >= 4 is 28.9 Å². The van der Waals surface area contributed by atoms with Gasteiger partial charge in [-0.1, -0.05) is 84.9 Å². The Morgan fingerprint density at radius 3 is 2.03 bits per heavy atom. The van der Waals surface area contributed by atoms with Gasteiger partial charge in [-0.2, -0.15) is 0 Å². The number of benzene rings is 3. The van der Waals surface area contributed by atoms with Gasteiger partial charge in [0.05, 0.1) is 11.2 Å². The third kappa shape index (κ3) is 6.37. The molecule has 0 bridgehead atoms. The zero-order valence-corrected chi connectivity index (χ0v) is 18.1. The number of carbonyl (C=O) groups is 2. The van der Waals surface area contributed by atoms with Gasteiger partial charge in [-0.15, -0.1) is 0 Å². The molecule has 164 valence electrons. The lowest BCUT2D eigenvalue weighted by Gasteiger charge is -2.23. The molecule has 0 aliphatic rings. The van der Waals surface area contributed by atoms with E-state index >= 15 is 0 Å². The van der Waals surface area contributed by atoms with Crippen molar-refractivity contribution in [1.29, 1.82) is 0 Å². The fraction of sp³-hybridized carbons (Fsp3) is 0.107. The Kier molecular flexibility index (Phi) is 7.23. The first-order valence-electron chi connectivity index (χ1n) is 10.7. The van der Waals surface area contributed by atoms with Crippen molar-refractivity contribution in [2.24, 2.45) is 0 Å². The second-order valence-corrected chi connectivity index (χ2v) is 7.59. The van der Waals surface area contributed by atoms with Crippen LogP contribution >= 0.6 is 0 Å². The van der Waals surface area contributed by atoms with E-state index in [4.69, 9.17) is 4.74 Å². The number of hydrogen-bond acceptors (Lipinski definition) is 4. The molecule has 0 radical (unpaired) electrons. The third-order valence-electron chi connectivity index (χ3n) is 5.13. The van der Waals surface area contributed by atoms with Crippen LogP contribution in [0.1, 0.15) is 16.8 Å². The molecule has 0 spiro atoms. The lowest BCUT2D eigenvalue weighted by Crippen LogP contribution is -2.33. The molecule has 0 saturated heterocycles. The van der Waals surface area contributed by atoms with Crippen LogP contribution in [0.5, 0.6) is 0 Å². The van der Waals surface area contributed by atoms with E-state index in [1.54, 1.807) is 11.0 Å². The zero-order chi connectivity index (χ0) is 22.9. The maximum atomic E-state index is 12.9. The van der Waals surface area contributed by atoms with Crippen LogP contribution < -0.4 is 0 Å². The molecule has 0 unspecified atom stereocenters. The Morgan fingerprint density at radius 2 is 1.36 bits per heavy atom. The summed E-state index contributed by atoms with van der Waals surface area (Å²) in [5, 5.41) is 1.03. The van der Waals surface area contributed by atoms with E-state index in [2.05, 4.69) is 4.98 Å². The lowest BCUT2D eigenvalue weighted by atomic mass is 10.1. The molecule has 5 nitrogen and oxygen atoms in total. The van der Waals surface area contributed by atoms with Gasteiger partial charge in [0, 0.05) is 24.6 Å². The highest BCUT2D eigenvalue weighted by atomic mass is 16.5. The summed E-state index contributed by atoms with van der Waals surface area (Å²) in [6.07, 6.45) is 2.88. The summed E-state index contributed by atoms with van der Waals surface area (Å²) in [6.45, 7) is 0.542. The molecule has 0 saturated carbocycles. The molecule has 1 heterocycles. The standard InChI is InChI=1S/C28H24N2O3/c31-27(30(19-22-9-3-1-4-10-22)20-23-11-5-2-6-12-23)21-33-28(32)18-17-25-16-15-24-13-7-8-14-26(24)29-25/h1-18H,19-21H2/b18-17+.